The Morgan fingerprint density at radius 3 is 2.46 bits per heavy atom. The Kier molecular flexibility index (Phi) is 4.37. The molecule has 1 atom stereocenters. The van der Waals surface area contributed by atoms with E-state index < -0.39 is 10.0 Å². The zero-order valence-electron chi connectivity index (χ0n) is 13.2. The lowest BCUT2D eigenvalue weighted by Crippen LogP contribution is -2.29. The highest BCUT2D eigenvalue weighted by Gasteiger charge is 2.28. The molecule has 5 nitrogen and oxygen atoms in total. The van der Waals surface area contributed by atoms with Gasteiger partial charge in [-0.05, 0) is 43.3 Å². The van der Waals surface area contributed by atoms with E-state index in [2.05, 4.69) is 4.98 Å². The molecule has 0 spiro atoms. The highest BCUT2D eigenvalue weighted by atomic mass is 32.2. The number of aromatic nitrogens is 1. The molecule has 0 bridgehead atoms. The van der Waals surface area contributed by atoms with Crippen molar-refractivity contribution in [3.8, 4) is 6.07 Å². The van der Waals surface area contributed by atoms with E-state index in [1.807, 2.05) is 37.3 Å². The Hall–Kier alpha value is -2.27. The van der Waals surface area contributed by atoms with E-state index in [0.29, 0.717) is 5.56 Å². The van der Waals surface area contributed by atoms with Crippen LogP contribution in [0, 0.1) is 11.3 Å². The third kappa shape index (κ3) is 2.91. The molecular weight excluding hydrogens is 342 g/mol. The predicted molar refractivity (Wildman–Crippen MR) is 94.1 cm³/mol. The number of para-hydroxylation sites is 1. The van der Waals surface area contributed by atoms with Crippen molar-refractivity contribution in [2.75, 3.05) is 7.05 Å². The van der Waals surface area contributed by atoms with E-state index in [4.69, 9.17) is 5.26 Å². The van der Waals surface area contributed by atoms with Gasteiger partial charge >= 0.3 is 0 Å². The summed E-state index contributed by atoms with van der Waals surface area (Å²) in [4.78, 5) is 4.70. The average Bonchev–Trinajstić information content (AvgIpc) is 3.04. The van der Waals surface area contributed by atoms with Crippen LogP contribution in [-0.2, 0) is 10.0 Å². The first-order valence-electron chi connectivity index (χ1n) is 7.27. The van der Waals surface area contributed by atoms with Gasteiger partial charge in [0.05, 0.1) is 32.8 Å². The number of nitrogens with zero attached hydrogens (tertiary/aromatic N) is 3. The molecule has 0 aliphatic heterocycles. The fourth-order valence-electron chi connectivity index (χ4n) is 2.30. The Morgan fingerprint density at radius 1 is 1.17 bits per heavy atom. The van der Waals surface area contributed by atoms with Gasteiger partial charge in [0.2, 0.25) is 10.0 Å². The first-order chi connectivity index (χ1) is 11.4. The Morgan fingerprint density at radius 2 is 1.83 bits per heavy atom. The number of hydrogen-bond donors (Lipinski definition) is 0. The Balaban J connectivity index is 1.93. The number of thiazole rings is 1. The summed E-state index contributed by atoms with van der Waals surface area (Å²) >= 11 is 1.49. The molecule has 0 fully saturated rings. The zero-order valence-corrected chi connectivity index (χ0v) is 14.8. The van der Waals surface area contributed by atoms with E-state index in [-0.39, 0.29) is 10.9 Å². The number of hydrogen-bond acceptors (Lipinski definition) is 5. The molecule has 0 saturated heterocycles. The molecule has 0 unspecified atom stereocenters. The summed E-state index contributed by atoms with van der Waals surface area (Å²) in [6.07, 6.45) is 0. The summed E-state index contributed by atoms with van der Waals surface area (Å²) in [7, 11) is -2.11. The maximum atomic E-state index is 12.8. The van der Waals surface area contributed by atoms with Gasteiger partial charge in [-0.15, -0.1) is 11.3 Å². The van der Waals surface area contributed by atoms with Gasteiger partial charge in [0, 0.05) is 7.05 Å². The second kappa shape index (κ2) is 6.32. The van der Waals surface area contributed by atoms with Crippen LogP contribution in [0.2, 0.25) is 0 Å². The first kappa shape index (κ1) is 16.6. The number of fused-ring (bicyclic) bond motifs is 1. The van der Waals surface area contributed by atoms with Gasteiger partial charge in [0.1, 0.15) is 5.01 Å². The Labute approximate surface area is 144 Å². The molecule has 0 radical (unpaired) electrons. The van der Waals surface area contributed by atoms with E-state index in [1.165, 1.54) is 39.9 Å². The number of nitriles is 1. The fraction of sp³-hybridized carbons (Fsp3) is 0.176. The fourth-order valence-corrected chi connectivity index (χ4v) is 4.76. The van der Waals surface area contributed by atoms with Crippen LogP contribution in [0.4, 0.5) is 0 Å². The van der Waals surface area contributed by atoms with Crippen LogP contribution in [0.1, 0.15) is 23.5 Å². The number of sulfonamides is 1. The topological polar surface area (TPSA) is 74.1 Å². The molecule has 1 aromatic heterocycles. The predicted octanol–water partition coefficient (Wildman–Crippen LogP) is 3.55. The molecule has 122 valence electrons. The van der Waals surface area contributed by atoms with Crippen LogP contribution in [-0.4, -0.2) is 24.8 Å². The smallest absolute Gasteiger partial charge is 0.239 e. The molecule has 0 aliphatic rings. The molecule has 7 heteroatoms. The van der Waals surface area contributed by atoms with Gasteiger partial charge in [-0.2, -0.15) is 9.57 Å². The highest BCUT2D eigenvalue weighted by molar-refractivity contribution is 7.89. The van der Waals surface area contributed by atoms with Crippen molar-refractivity contribution in [1.29, 1.82) is 5.26 Å². The van der Waals surface area contributed by atoms with Gasteiger partial charge in [0.15, 0.2) is 0 Å². The van der Waals surface area contributed by atoms with Crippen molar-refractivity contribution < 1.29 is 8.42 Å². The van der Waals surface area contributed by atoms with Crippen LogP contribution in [0.3, 0.4) is 0 Å². The van der Waals surface area contributed by atoms with E-state index in [1.54, 1.807) is 7.05 Å². The number of rotatable bonds is 4. The second-order valence-electron chi connectivity index (χ2n) is 5.35. The molecule has 2 aromatic carbocycles. The van der Waals surface area contributed by atoms with Crippen molar-refractivity contribution in [3.05, 3.63) is 59.1 Å². The third-order valence-corrected chi connectivity index (χ3v) is 7.02. The third-order valence-electron chi connectivity index (χ3n) is 3.87. The highest BCUT2D eigenvalue weighted by Crippen LogP contribution is 2.31. The van der Waals surface area contributed by atoms with Crippen molar-refractivity contribution in [3.63, 3.8) is 0 Å². The minimum absolute atomic E-state index is 0.164. The van der Waals surface area contributed by atoms with Crippen LogP contribution in [0.5, 0.6) is 0 Å². The van der Waals surface area contributed by atoms with E-state index >= 15 is 0 Å². The maximum absolute atomic E-state index is 12.8. The molecule has 0 saturated carbocycles. The number of benzene rings is 2. The minimum Gasteiger partial charge on any atom is -0.239 e. The van der Waals surface area contributed by atoms with Crippen LogP contribution in [0.15, 0.2) is 53.4 Å². The monoisotopic (exact) mass is 357 g/mol. The van der Waals surface area contributed by atoms with Crippen LogP contribution < -0.4 is 0 Å². The van der Waals surface area contributed by atoms with Crippen LogP contribution in [0.25, 0.3) is 10.2 Å². The summed E-state index contributed by atoms with van der Waals surface area (Å²) in [6.45, 7) is 1.82. The van der Waals surface area contributed by atoms with E-state index in [0.717, 1.165) is 15.2 Å². The molecule has 1 heterocycles. The Bertz CT molecular complexity index is 985. The largest absolute Gasteiger partial charge is 0.243 e. The standard InChI is InChI=1S/C17H15N3O2S2/c1-12(17-19-15-5-3-4-6-16(15)23-17)20(2)24(21,22)14-9-7-13(11-18)8-10-14/h3-10,12H,1-2H3/t12-/m1/s1. The molecule has 0 N–H and O–H groups in total. The quantitative estimate of drug-likeness (QED) is 0.716. The second-order valence-corrected chi connectivity index (χ2v) is 8.41. The summed E-state index contributed by atoms with van der Waals surface area (Å²) in [5, 5.41) is 9.58. The summed E-state index contributed by atoms with van der Waals surface area (Å²) in [5.41, 5.74) is 1.30. The summed E-state index contributed by atoms with van der Waals surface area (Å²) < 4.78 is 27.9. The molecular formula is C17H15N3O2S2. The van der Waals surface area contributed by atoms with Crippen molar-refractivity contribution in [1.82, 2.24) is 9.29 Å². The molecule has 3 rings (SSSR count). The van der Waals surface area contributed by atoms with Crippen molar-refractivity contribution in [2.24, 2.45) is 0 Å². The lowest BCUT2D eigenvalue weighted by molar-refractivity contribution is 0.398. The van der Waals surface area contributed by atoms with Crippen LogP contribution >= 0.6 is 11.3 Å². The van der Waals surface area contributed by atoms with Gasteiger partial charge in [0.25, 0.3) is 0 Å². The molecule has 24 heavy (non-hydrogen) atoms. The van der Waals surface area contributed by atoms with Gasteiger partial charge < -0.3 is 0 Å². The molecule has 0 amide bonds. The minimum atomic E-state index is -3.66. The summed E-state index contributed by atoms with van der Waals surface area (Å²) in [6, 6.07) is 15.2. The van der Waals surface area contributed by atoms with Crippen molar-refractivity contribution >= 4 is 31.6 Å². The normalized spacial score (nSPS) is 13.1. The average molecular weight is 357 g/mol. The molecule has 0 aliphatic carbocycles. The van der Waals surface area contributed by atoms with Gasteiger partial charge in [-0.1, -0.05) is 12.1 Å². The van der Waals surface area contributed by atoms with Crippen molar-refractivity contribution in [2.45, 2.75) is 17.9 Å². The lowest BCUT2D eigenvalue weighted by Gasteiger charge is -2.22. The maximum Gasteiger partial charge on any atom is 0.243 e. The SMILES string of the molecule is C[C@H](c1nc2ccccc2s1)N(C)S(=O)(=O)c1ccc(C#N)cc1. The zero-order chi connectivity index (χ0) is 17.3. The van der Waals surface area contributed by atoms with E-state index in [9.17, 15) is 8.42 Å². The summed E-state index contributed by atoms with van der Waals surface area (Å²) in [5.74, 6) is 0. The lowest BCUT2D eigenvalue weighted by atomic mass is 10.2. The van der Waals surface area contributed by atoms with Gasteiger partial charge in [-0.25, -0.2) is 13.4 Å². The van der Waals surface area contributed by atoms with Gasteiger partial charge in [-0.3, -0.25) is 0 Å². The molecule has 3 aromatic rings. The first-order valence-corrected chi connectivity index (χ1v) is 9.53.